The molecule has 2 N–H and O–H groups in total. The van der Waals surface area contributed by atoms with Crippen LogP contribution in [-0.2, 0) is 4.79 Å². The largest absolute Gasteiger partial charge is 0.507 e. The number of nitrogens with zero attached hydrogens (tertiary/aromatic N) is 1. The zero-order chi connectivity index (χ0) is 17.1. The first kappa shape index (κ1) is 16.8. The molecule has 124 valence electrons. The van der Waals surface area contributed by atoms with Gasteiger partial charge in [-0.1, -0.05) is 28.1 Å². The average Bonchev–Trinajstić information content (AvgIpc) is 2.58. The number of nitrogens with one attached hydrogen (secondary N) is 1. The van der Waals surface area contributed by atoms with Crippen LogP contribution in [0.4, 0.5) is 0 Å². The fraction of sp³-hybridized carbons (Fsp3) is 0.125. The SMILES string of the molecule is O=C(NN=Cc1cc(O)c(Br)cc1Br)C1COc2ccccc2O1. The van der Waals surface area contributed by atoms with Gasteiger partial charge in [-0.2, -0.15) is 5.10 Å². The van der Waals surface area contributed by atoms with E-state index in [0.29, 0.717) is 21.5 Å². The lowest BCUT2D eigenvalue weighted by Crippen LogP contribution is -2.42. The van der Waals surface area contributed by atoms with Crippen molar-refractivity contribution in [3.63, 3.8) is 0 Å². The van der Waals surface area contributed by atoms with Crippen molar-refractivity contribution in [2.24, 2.45) is 5.10 Å². The van der Waals surface area contributed by atoms with Gasteiger partial charge < -0.3 is 14.6 Å². The number of ether oxygens (including phenoxy) is 2. The molecule has 0 aromatic heterocycles. The highest BCUT2D eigenvalue weighted by Gasteiger charge is 2.26. The number of halogens is 2. The first-order valence-electron chi connectivity index (χ1n) is 6.94. The summed E-state index contributed by atoms with van der Waals surface area (Å²) in [5.74, 6) is 0.789. The second-order valence-electron chi connectivity index (χ2n) is 4.92. The van der Waals surface area contributed by atoms with Crippen LogP contribution >= 0.6 is 31.9 Å². The molecule has 0 bridgehead atoms. The second kappa shape index (κ2) is 7.23. The Morgan fingerprint density at radius 2 is 2.00 bits per heavy atom. The van der Waals surface area contributed by atoms with Crippen molar-refractivity contribution in [3.8, 4) is 17.2 Å². The molecular weight excluding hydrogens is 444 g/mol. The maximum atomic E-state index is 12.1. The minimum absolute atomic E-state index is 0.0756. The number of hydrogen-bond acceptors (Lipinski definition) is 5. The number of phenols is 1. The van der Waals surface area contributed by atoms with Crippen molar-refractivity contribution >= 4 is 44.0 Å². The molecular formula is C16H12Br2N2O4. The van der Waals surface area contributed by atoms with E-state index in [1.807, 2.05) is 6.07 Å². The van der Waals surface area contributed by atoms with Crippen LogP contribution in [0.2, 0.25) is 0 Å². The predicted octanol–water partition coefficient (Wildman–Crippen LogP) is 3.21. The van der Waals surface area contributed by atoms with Crippen LogP contribution in [-0.4, -0.2) is 29.9 Å². The highest BCUT2D eigenvalue weighted by atomic mass is 79.9. The van der Waals surface area contributed by atoms with Crippen molar-refractivity contribution in [2.45, 2.75) is 6.10 Å². The molecule has 1 heterocycles. The smallest absolute Gasteiger partial charge is 0.284 e. The van der Waals surface area contributed by atoms with E-state index in [1.165, 1.54) is 12.3 Å². The molecule has 2 aromatic carbocycles. The van der Waals surface area contributed by atoms with Gasteiger partial charge in [0, 0.05) is 10.0 Å². The van der Waals surface area contributed by atoms with E-state index < -0.39 is 12.0 Å². The summed E-state index contributed by atoms with van der Waals surface area (Å²) in [7, 11) is 0. The van der Waals surface area contributed by atoms with Gasteiger partial charge in [-0.3, -0.25) is 4.79 Å². The average molecular weight is 456 g/mol. The number of hydrazone groups is 1. The Bertz CT molecular complexity index is 811. The van der Waals surface area contributed by atoms with E-state index >= 15 is 0 Å². The Hall–Kier alpha value is -2.06. The van der Waals surface area contributed by atoms with Crippen molar-refractivity contribution < 1.29 is 19.4 Å². The van der Waals surface area contributed by atoms with Gasteiger partial charge in [0.1, 0.15) is 12.4 Å². The third-order valence-electron chi connectivity index (χ3n) is 3.25. The zero-order valence-electron chi connectivity index (χ0n) is 12.2. The Balaban J connectivity index is 1.63. The van der Waals surface area contributed by atoms with Crippen LogP contribution in [0.15, 0.2) is 50.4 Å². The minimum atomic E-state index is -0.779. The molecule has 0 saturated carbocycles. The van der Waals surface area contributed by atoms with Crippen LogP contribution in [0.25, 0.3) is 0 Å². The quantitative estimate of drug-likeness (QED) is 0.550. The Labute approximate surface area is 154 Å². The van der Waals surface area contributed by atoms with Gasteiger partial charge in [0.05, 0.1) is 10.7 Å². The molecule has 1 aliphatic heterocycles. The van der Waals surface area contributed by atoms with E-state index in [4.69, 9.17) is 9.47 Å². The first-order valence-corrected chi connectivity index (χ1v) is 8.52. The summed E-state index contributed by atoms with van der Waals surface area (Å²) in [6.45, 7) is 0.112. The van der Waals surface area contributed by atoms with Crippen molar-refractivity contribution in [2.75, 3.05) is 6.61 Å². The summed E-state index contributed by atoms with van der Waals surface area (Å²) in [4.78, 5) is 12.1. The van der Waals surface area contributed by atoms with Gasteiger partial charge >= 0.3 is 0 Å². The first-order chi connectivity index (χ1) is 11.5. The lowest BCUT2D eigenvalue weighted by Gasteiger charge is -2.24. The molecule has 0 aliphatic carbocycles. The molecule has 0 spiro atoms. The zero-order valence-corrected chi connectivity index (χ0v) is 15.4. The Morgan fingerprint density at radius 1 is 1.25 bits per heavy atom. The van der Waals surface area contributed by atoms with Gasteiger partial charge in [0.25, 0.3) is 5.91 Å². The van der Waals surface area contributed by atoms with Gasteiger partial charge in [0.15, 0.2) is 11.5 Å². The van der Waals surface area contributed by atoms with Gasteiger partial charge in [-0.05, 0) is 40.2 Å². The number of aromatic hydroxyl groups is 1. The molecule has 1 atom stereocenters. The number of para-hydroxylation sites is 2. The summed E-state index contributed by atoms with van der Waals surface area (Å²) < 4.78 is 12.4. The number of rotatable bonds is 3. The summed E-state index contributed by atoms with van der Waals surface area (Å²) in [5, 5.41) is 13.6. The van der Waals surface area contributed by atoms with Crippen molar-refractivity contribution in [3.05, 3.63) is 50.9 Å². The molecule has 1 unspecified atom stereocenters. The standard InChI is InChI=1S/C16H12Br2N2O4/c17-10-6-11(18)12(21)5-9(10)7-19-20-16(22)15-8-23-13-3-1-2-4-14(13)24-15/h1-7,15,21H,8H2,(H,20,22). The summed E-state index contributed by atoms with van der Waals surface area (Å²) in [6.07, 6.45) is 0.644. The number of hydrogen-bond donors (Lipinski definition) is 2. The van der Waals surface area contributed by atoms with Gasteiger partial charge in [0.2, 0.25) is 6.10 Å². The predicted molar refractivity (Wildman–Crippen MR) is 95.6 cm³/mol. The van der Waals surface area contributed by atoms with Gasteiger partial charge in [-0.25, -0.2) is 5.43 Å². The van der Waals surface area contributed by atoms with Crippen LogP contribution < -0.4 is 14.9 Å². The molecule has 1 aliphatic rings. The number of carbonyl (C=O) groups is 1. The van der Waals surface area contributed by atoms with E-state index in [9.17, 15) is 9.90 Å². The fourth-order valence-corrected chi connectivity index (χ4v) is 3.14. The maximum Gasteiger partial charge on any atom is 0.284 e. The molecule has 1 amide bonds. The lowest BCUT2D eigenvalue weighted by atomic mass is 10.2. The molecule has 6 nitrogen and oxygen atoms in total. The third-order valence-corrected chi connectivity index (χ3v) is 4.57. The van der Waals surface area contributed by atoms with Crippen molar-refractivity contribution in [1.82, 2.24) is 5.43 Å². The number of phenolic OH excluding ortho intramolecular Hbond substituents is 1. The number of fused-ring (bicyclic) bond motifs is 1. The third kappa shape index (κ3) is 3.70. The summed E-state index contributed by atoms with van der Waals surface area (Å²) >= 11 is 6.57. The molecule has 24 heavy (non-hydrogen) atoms. The fourth-order valence-electron chi connectivity index (χ4n) is 2.04. The lowest BCUT2D eigenvalue weighted by molar-refractivity contribution is -0.130. The van der Waals surface area contributed by atoms with E-state index in [-0.39, 0.29) is 12.4 Å². The van der Waals surface area contributed by atoms with Crippen molar-refractivity contribution in [1.29, 1.82) is 0 Å². The minimum Gasteiger partial charge on any atom is -0.507 e. The monoisotopic (exact) mass is 454 g/mol. The normalized spacial score (nSPS) is 16.2. The summed E-state index contributed by atoms with van der Waals surface area (Å²) in [5.41, 5.74) is 3.02. The van der Waals surface area contributed by atoms with Gasteiger partial charge in [-0.15, -0.1) is 0 Å². The van der Waals surface area contributed by atoms with E-state index in [1.54, 1.807) is 24.3 Å². The Kier molecular flexibility index (Phi) is 5.06. The van der Waals surface area contributed by atoms with Crippen LogP contribution in [0.3, 0.4) is 0 Å². The highest BCUT2D eigenvalue weighted by Crippen LogP contribution is 2.31. The van der Waals surface area contributed by atoms with Crippen LogP contribution in [0.1, 0.15) is 5.56 Å². The number of carbonyl (C=O) groups excluding carboxylic acids is 1. The molecule has 8 heteroatoms. The number of amides is 1. The molecule has 0 radical (unpaired) electrons. The number of benzene rings is 2. The van der Waals surface area contributed by atoms with Crippen LogP contribution in [0.5, 0.6) is 17.2 Å². The van der Waals surface area contributed by atoms with Crippen LogP contribution in [0, 0.1) is 0 Å². The molecule has 3 rings (SSSR count). The maximum absolute atomic E-state index is 12.1. The topological polar surface area (TPSA) is 80.2 Å². The molecule has 2 aromatic rings. The highest BCUT2D eigenvalue weighted by molar-refractivity contribution is 9.11. The molecule has 0 saturated heterocycles. The van der Waals surface area contributed by atoms with E-state index in [2.05, 4.69) is 42.4 Å². The summed E-state index contributed by atoms with van der Waals surface area (Å²) in [6, 6.07) is 10.4. The Morgan fingerprint density at radius 3 is 2.79 bits per heavy atom. The molecule has 0 fully saturated rings. The second-order valence-corrected chi connectivity index (χ2v) is 6.63. The van der Waals surface area contributed by atoms with E-state index in [0.717, 1.165) is 4.47 Å².